The number of anilines is 1. The van der Waals surface area contributed by atoms with E-state index in [9.17, 15) is 9.59 Å². The second-order valence-electron chi connectivity index (χ2n) is 8.55. The van der Waals surface area contributed by atoms with Gasteiger partial charge in [0.05, 0.1) is 25.0 Å². The summed E-state index contributed by atoms with van der Waals surface area (Å²) in [5.74, 6) is -0.162. The Labute approximate surface area is 204 Å². The molecule has 7 nitrogen and oxygen atoms in total. The van der Waals surface area contributed by atoms with Crippen LogP contribution in [0.15, 0.2) is 73.1 Å². The zero-order valence-electron chi connectivity index (χ0n) is 20.2. The van der Waals surface area contributed by atoms with Gasteiger partial charge in [-0.2, -0.15) is 0 Å². The number of carbonyl (C=O) groups excluding carboxylic acids is 2. The topological polar surface area (TPSA) is 82.4 Å². The molecule has 1 amide bonds. The summed E-state index contributed by atoms with van der Waals surface area (Å²) >= 11 is 0. The fourth-order valence-electron chi connectivity index (χ4n) is 3.92. The van der Waals surface area contributed by atoms with E-state index in [-0.39, 0.29) is 12.5 Å². The first-order chi connectivity index (χ1) is 17.0. The Morgan fingerprint density at radius 2 is 1.86 bits per heavy atom. The van der Waals surface area contributed by atoms with E-state index in [0.717, 1.165) is 27.8 Å². The molecule has 0 aliphatic rings. The van der Waals surface area contributed by atoms with Crippen molar-refractivity contribution in [2.75, 3.05) is 25.6 Å². The molecule has 7 heteroatoms. The van der Waals surface area contributed by atoms with Crippen LogP contribution in [0.4, 0.5) is 5.69 Å². The summed E-state index contributed by atoms with van der Waals surface area (Å²) in [4.78, 5) is 28.8. The maximum Gasteiger partial charge on any atom is 0.337 e. The Bertz CT molecular complexity index is 1310. The normalized spacial score (nSPS) is 11.1. The van der Waals surface area contributed by atoms with Gasteiger partial charge in [-0.25, -0.2) is 4.79 Å². The van der Waals surface area contributed by atoms with Gasteiger partial charge in [0.2, 0.25) is 5.91 Å². The number of pyridine rings is 1. The van der Waals surface area contributed by atoms with Gasteiger partial charge < -0.3 is 19.4 Å². The third-order valence-corrected chi connectivity index (χ3v) is 5.82. The van der Waals surface area contributed by atoms with Crippen LogP contribution in [0.3, 0.4) is 0 Å². The third-order valence-electron chi connectivity index (χ3n) is 5.82. The molecule has 35 heavy (non-hydrogen) atoms. The number of hydrogen-bond acceptors (Lipinski definition) is 5. The van der Waals surface area contributed by atoms with Gasteiger partial charge in [-0.1, -0.05) is 38.1 Å². The minimum atomic E-state index is -0.395. The number of fused-ring (bicyclic) bond motifs is 1. The summed E-state index contributed by atoms with van der Waals surface area (Å²) in [5.41, 5.74) is 5.10. The lowest BCUT2D eigenvalue weighted by Gasteiger charge is -2.10. The van der Waals surface area contributed by atoms with Gasteiger partial charge in [0.25, 0.3) is 0 Å². The fraction of sp³-hybridized carbons (Fsp3) is 0.250. The van der Waals surface area contributed by atoms with Crippen molar-refractivity contribution in [3.8, 4) is 11.3 Å². The number of benzene rings is 2. The molecule has 4 aromatic rings. The molecule has 1 N–H and O–H groups in total. The quantitative estimate of drug-likeness (QED) is 0.266. The van der Waals surface area contributed by atoms with E-state index in [4.69, 9.17) is 9.47 Å². The summed E-state index contributed by atoms with van der Waals surface area (Å²) in [6, 6.07) is 19.0. The standard InChI is InChI=1S/C28H29N3O4/c1-19(2)20-7-10-22(11-8-20)30-27(32)18-35-15-14-31-17-24(25-6-4-5-13-29-25)23-12-9-21(16-26(23)31)28(33)34-3/h4-13,16-17,19H,14-15,18H2,1-3H3,(H,30,32). The highest BCUT2D eigenvalue weighted by molar-refractivity contribution is 6.00. The Morgan fingerprint density at radius 1 is 1.06 bits per heavy atom. The monoisotopic (exact) mass is 471 g/mol. The molecule has 0 bridgehead atoms. The van der Waals surface area contributed by atoms with Crippen LogP contribution in [-0.4, -0.2) is 41.8 Å². The molecule has 2 heterocycles. The van der Waals surface area contributed by atoms with Crippen LogP contribution in [-0.2, 0) is 20.8 Å². The number of hydrogen-bond donors (Lipinski definition) is 1. The molecule has 2 aromatic heterocycles. The molecule has 0 aliphatic heterocycles. The van der Waals surface area contributed by atoms with Gasteiger partial charge in [0, 0.05) is 41.1 Å². The zero-order chi connectivity index (χ0) is 24.8. The van der Waals surface area contributed by atoms with Crippen LogP contribution in [0.2, 0.25) is 0 Å². The van der Waals surface area contributed by atoms with E-state index in [2.05, 4.69) is 24.1 Å². The smallest absolute Gasteiger partial charge is 0.337 e. The SMILES string of the molecule is COC(=O)c1ccc2c(-c3ccccn3)cn(CCOCC(=O)Nc3ccc(C(C)C)cc3)c2c1. The average Bonchev–Trinajstić information content (AvgIpc) is 3.24. The summed E-state index contributed by atoms with van der Waals surface area (Å²) in [7, 11) is 1.36. The summed E-state index contributed by atoms with van der Waals surface area (Å²) in [6.45, 7) is 5.04. The Hall–Kier alpha value is -3.97. The minimum absolute atomic E-state index is 0.0500. The number of aromatic nitrogens is 2. The third kappa shape index (κ3) is 5.75. The van der Waals surface area contributed by atoms with Crippen LogP contribution in [0, 0.1) is 0 Å². The van der Waals surface area contributed by atoms with E-state index < -0.39 is 5.97 Å². The maximum absolute atomic E-state index is 12.3. The second-order valence-corrected chi connectivity index (χ2v) is 8.55. The molecule has 2 aromatic carbocycles. The van der Waals surface area contributed by atoms with Crippen LogP contribution in [0.25, 0.3) is 22.2 Å². The van der Waals surface area contributed by atoms with Gasteiger partial charge >= 0.3 is 5.97 Å². The number of esters is 1. The summed E-state index contributed by atoms with van der Waals surface area (Å²) in [5, 5.41) is 3.83. The molecule has 180 valence electrons. The van der Waals surface area contributed by atoms with Crippen molar-refractivity contribution in [3.05, 3.63) is 84.2 Å². The van der Waals surface area contributed by atoms with Crippen molar-refractivity contribution < 1.29 is 19.1 Å². The maximum atomic E-state index is 12.3. The number of amides is 1. The van der Waals surface area contributed by atoms with Crippen molar-refractivity contribution in [1.82, 2.24) is 9.55 Å². The Balaban J connectivity index is 1.43. The lowest BCUT2D eigenvalue weighted by Crippen LogP contribution is -2.19. The molecule has 0 unspecified atom stereocenters. The number of carbonyl (C=O) groups is 2. The molecule has 0 saturated carbocycles. The van der Waals surface area contributed by atoms with Crippen LogP contribution in [0.1, 0.15) is 35.7 Å². The number of methoxy groups -OCH3 is 1. The van der Waals surface area contributed by atoms with Gasteiger partial charge in [0.1, 0.15) is 6.61 Å². The summed E-state index contributed by atoms with van der Waals surface area (Å²) in [6.07, 6.45) is 3.74. The first kappa shape index (κ1) is 24.2. The molecule has 0 atom stereocenters. The summed E-state index contributed by atoms with van der Waals surface area (Å²) < 4.78 is 12.5. The molecular formula is C28H29N3O4. The predicted molar refractivity (Wildman–Crippen MR) is 136 cm³/mol. The molecule has 0 fully saturated rings. The lowest BCUT2D eigenvalue weighted by molar-refractivity contribution is -0.120. The first-order valence-electron chi connectivity index (χ1n) is 11.6. The largest absolute Gasteiger partial charge is 0.465 e. The molecule has 0 saturated heterocycles. The van der Waals surface area contributed by atoms with E-state index in [1.54, 1.807) is 18.3 Å². The van der Waals surface area contributed by atoms with Crippen LogP contribution in [0.5, 0.6) is 0 Å². The molecule has 0 spiro atoms. The van der Waals surface area contributed by atoms with E-state index in [1.165, 1.54) is 12.7 Å². The lowest BCUT2D eigenvalue weighted by atomic mass is 10.0. The highest BCUT2D eigenvalue weighted by atomic mass is 16.5. The van der Waals surface area contributed by atoms with Crippen molar-refractivity contribution in [2.45, 2.75) is 26.3 Å². The fourth-order valence-corrected chi connectivity index (χ4v) is 3.92. The zero-order valence-corrected chi connectivity index (χ0v) is 20.2. The predicted octanol–water partition coefficient (Wildman–Crippen LogP) is 5.27. The molecular weight excluding hydrogens is 442 g/mol. The van der Waals surface area contributed by atoms with E-state index in [1.807, 2.05) is 59.3 Å². The molecule has 4 rings (SSSR count). The van der Waals surface area contributed by atoms with Crippen LogP contribution >= 0.6 is 0 Å². The van der Waals surface area contributed by atoms with Crippen molar-refractivity contribution >= 4 is 28.5 Å². The number of nitrogens with zero attached hydrogens (tertiary/aromatic N) is 2. The van der Waals surface area contributed by atoms with Gasteiger partial charge in [0.15, 0.2) is 0 Å². The molecule has 0 aliphatic carbocycles. The Morgan fingerprint density at radius 3 is 2.54 bits per heavy atom. The number of ether oxygens (including phenoxy) is 2. The van der Waals surface area contributed by atoms with E-state index >= 15 is 0 Å². The average molecular weight is 472 g/mol. The molecule has 0 radical (unpaired) electrons. The van der Waals surface area contributed by atoms with E-state index in [0.29, 0.717) is 24.6 Å². The van der Waals surface area contributed by atoms with Gasteiger partial charge in [-0.05, 0) is 47.9 Å². The van der Waals surface area contributed by atoms with Crippen LogP contribution < -0.4 is 5.32 Å². The highest BCUT2D eigenvalue weighted by Gasteiger charge is 2.15. The van der Waals surface area contributed by atoms with Gasteiger partial charge in [-0.3, -0.25) is 9.78 Å². The Kier molecular flexibility index (Phi) is 7.57. The highest BCUT2D eigenvalue weighted by Crippen LogP contribution is 2.30. The second kappa shape index (κ2) is 11.0. The number of rotatable bonds is 9. The van der Waals surface area contributed by atoms with Gasteiger partial charge in [-0.15, -0.1) is 0 Å². The first-order valence-corrected chi connectivity index (χ1v) is 11.6. The van der Waals surface area contributed by atoms with Crippen molar-refractivity contribution in [2.24, 2.45) is 0 Å². The minimum Gasteiger partial charge on any atom is -0.465 e. The number of nitrogens with one attached hydrogen (secondary N) is 1. The van der Waals surface area contributed by atoms with Crippen molar-refractivity contribution in [3.63, 3.8) is 0 Å². The van der Waals surface area contributed by atoms with Crippen molar-refractivity contribution in [1.29, 1.82) is 0 Å².